The maximum atomic E-state index is 5.47. The van der Waals surface area contributed by atoms with Gasteiger partial charge in [-0.25, -0.2) is 0 Å². The maximum Gasteiger partial charge on any atom is 0.148 e. The largest absolute Gasteiger partial charge is 0.480 e. The van der Waals surface area contributed by atoms with E-state index < -0.39 is 0 Å². The van der Waals surface area contributed by atoms with Gasteiger partial charge in [0.05, 0.1) is 0 Å². The van der Waals surface area contributed by atoms with E-state index in [-0.39, 0.29) is 6.61 Å². The van der Waals surface area contributed by atoms with Crippen molar-refractivity contribution in [1.29, 1.82) is 0 Å². The Morgan fingerprint density at radius 3 is 2.94 bits per heavy atom. The van der Waals surface area contributed by atoms with Crippen LogP contribution in [0.2, 0.25) is 0 Å². The lowest BCUT2D eigenvalue weighted by molar-refractivity contribution is 0.369. The summed E-state index contributed by atoms with van der Waals surface area (Å²) < 4.78 is 6.43. The van der Waals surface area contributed by atoms with Gasteiger partial charge >= 0.3 is 0 Å². The summed E-state index contributed by atoms with van der Waals surface area (Å²) in [5.41, 5.74) is 0.957. The maximum absolute atomic E-state index is 5.47. The highest BCUT2D eigenvalue weighted by Crippen LogP contribution is 2.24. The van der Waals surface area contributed by atoms with E-state index in [1.165, 1.54) is 0 Å². The Morgan fingerprint density at radius 1 is 1.50 bits per heavy atom. The second kappa shape index (κ2) is 7.57. The average Bonchev–Trinajstić information content (AvgIpc) is 2.33. The van der Waals surface area contributed by atoms with Gasteiger partial charge in [-0.1, -0.05) is 27.9 Å². The molecule has 0 spiro atoms. The van der Waals surface area contributed by atoms with Crippen LogP contribution < -0.4 is 4.74 Å². The van der Waals surface area contributed by atoms with Crippen LogP contribution in [-0.2, 0) is 0 Å². The molecule has 1 aromatic rings. The zero-order valence-electron chi connectivity index (χ0n) is 10.4. The van der Waals surface area contributed by atoms with E-state index in [1.807, 2.05) is 44.4 Å². The number of allylic oxidation sites excluding steroid dienone is 1. The first-order chi connectivity index (χ1) is 8.63. The standard InChI is InChI=1S/C14H15BrN2O/c1-4-10-18-14-11-13(15)8-7-12(14)6-5-9-16-17(2)3/h1,5-9,11H,10H2,2-3H3/b6-5+,16-9-. The summed E-state index contributed by atoms with van der Waals surface area (Å²) in [6, 6.07) is 5.79. The van der Waals surface area contributed by atoms with Crippen LogP contribution in [0.15, 0.2) is 33.8 Å². The van der Waals surface area contributed by atoms with Gasteiger partial charge in [-0.2, -0.15) is 5.10 Å². The van der Waals surface area contributed by atoms with Gasteiger partial charge in [0, 0.05) is 30.3 Å². The minimum absolute atomic E-state index is 0.253. The van der Waals surface area contributed by atoms with Crippen molar-refractivity contribution in [3.05, 3.63) is 34.3 Å². The molecule has 3 nitrogen and oxygen atoms in total. The summed E-state index contributed by atoms with van der Waals surface area (Å²) in [5.74, 6) is 3.20. The fourth-order valence-electron chi connectivity index (χ4n) is 1.21. The van der Waals surface area contributed by atoms with Crippen LogP contribution in [0.1, 0.15) is 5.56 Å². The van der Waals surface area contributed by atoms with Gasteiger partial charge in [0.25, 0.3) is 0 Å². The normalized spacial score (nSPS) is 10.8. The first kappa shape index (κ1) is 14.3. The van der Waals surface area contributed by atoms with Gasteiger partial charge in [0.15, 0.2) is 0 Å². The van der Waals surface area contributed by atoms with Crippen LogP contribution in [0.4, 0.5) is 0 Å². The second-order valence-corrected chi connectivity index (χ2v) is 4.56. The van der Waals surface area contributed by atoms with E-state index >= 15 is 0 Å². The Hall–Kier alpha value is -1.73. The zero-order chi connectivity index (χ0) is 13.4. The van der Waals surface area contributed by atoms with Crippen LogP contribution in [0, 0.1) is 12.3 Å². The summed E-state index contributed by atoms with van der Waals surface area (Å²) in [4.78, 5) is 0. The number of benzene rings is 1. The molecule has 0 radical (unpaired) electrons. The van der Waals surface area contributed by atoms with Gasteiger partial charge in [-0.3, -0.25) is 0 Å². The molecule has 0 N–H and O–H groups in total. The molecular formula is C14H15BrN2O. The van der Waals surface area contributed by atoms with Crippen LogP contribution in [0.5, 0.6) is 5.75 Å². The summed E-state index contributed by atoms with van der Waals surface area (Å²) in [7, 11) is 3.73. The molecule has 0 saturated heterocycles. The monoisotopic (exact) mass is 306 g/mol. The summed E-state index contributed by atoms with van der Waals surface area (Å²) in [6.07, 6.45) is 10.7. The Kier molecular flexibility index (Phi) is 6.03. The molecule has 0 saturated carbocycles. The fraction of sp³-hybridized carbons (Fsp3) is 0.214. The van der Waals surface area contributed by atoms with Gasteiger partial charge < -0.3 is 9.75 Å². The molecular weight excluding hydrogens is 292 g/mol. The molecule has 4 heteroatoms. The molecule has 1 rings (SSSR count). The molecule has 0 bridgehead atoms. The lowest BCUT2D eigenvalue weighted by Gasteiger charge is -2.06. The molecule has 0 heterocycles. The highest BCUT2D eigenvalue weighted by molar-refractivity contribution is 9.10. The van der Waals surface area contributed by atoms with E-state index in [9.17, 15) is 0 Å². The molecule has 0 aromatic heterocycles. The van der Waals surface area contributed by atoms with Crippen molar-refractivity contribution in [2.75, 3.05) is 20.7 Å². The van der Waals surface area contributed by atoms with E-state index in [2.05, 4.69) is 27.0 Å². The molecule has 0 aliphatic heterocycles. The SMILES string of the molecule is C#CCOc1cc(Br)ccc1/C=C/C=N\N(C)C. The number of hydrazone groups is 1. The number of rotatable bonds is 5. The van der Waals surface area contributed by atoms with Crippen LogP contribution in [0.3, 0.4) is 0 Å². The number of halogens is 1. The van der Waals surface area contributed by atoms with Crippen molar-refractivity contribution in [3.63, 3.8) is 0 Å². The summed E-state index contributed by atoms with van der Waals surface area (Å²) in [5, 5.41) is 5.81. The number of ether oxygens (including phenoxy) is 1. The highest BCUT2D eigenvalue weighted by Gasteiger charge is 2.00. The first-order valence-electron chi connectivity index (χ1n) is 5.37. The third-order valence-corrected chi connectivity index (χ3v) is 2.44. The lowest BCUT2D eigenvalue weighted by Crippen LogP contribution is -2.00. The smallest absolute Gasteiger partial charge is 0.148 e. The van der Waals surface area contributed by atoms with Gasteiger partial charge in [0.1, 0.15) is 12.4 Å². The van der Waals surface area contributed by atoms with Crippen molar-refractivity contribution in [2.45, 2.75) is 0 Å². The molecule has 0 atom stereocenters. The fourth-order valence-corrected chi connectivity index (χ4v) is 1.55. The zero-order valence-corrected chi connectivity index (χ0v) is 12.0. The lowest BCUT2D eigenvalue weighted by atomic mass is 10.2. The van der Waals surface area contributed by atoms with Crippen molar-refractivity contribution >= 4 is 28.2 Å². The number of terminal acetylenes is 1. The third kappa shape index (κ3) is 5.07. The van der Waals surface area contributed by atoms with Gasteiger partial charge in [-0.15, -0.1) is 6.42 Å². The molecule has 0 aliphatic rings. The van der Waals surface area contributed by atoms with Gasteiger partial charge in [0.2, 0.25) is 0 Å². The van der Waals surface area contributed by atoms with E-state index in [0.717, 1.165) is 15.8 Å². The van der Waals surface area contributed by atoms with Crippen LogP contribution >= 0.6 is 15.9 Å². The predicted octanol–water partition coefficient (Wildman–Crippen LogP) is 3.02. The van der Waals surface area contributed by atoms with Crippen molar-refractivity contribution in [3.8, 4) is 18.1 Å². The first-order valence-corrected chi connectivity index (χ1v) is 6.16. The van der Waals surface area contributed by atoms with Crippen LogP contribution in [0.25, 0.3) is 6.08 Å². The molecule has 0 aliphatic carbocycles. The number of nitrogens with zero attached hydrogens (tertiary/aromatic N) is 2. The second-order valence-electron chi connectivity index (χ2n) is 3.65. The number of hydrogen-bond donors (Lipinski definition) is 0. The number of hydrogen-bond acceptors (Lipinski definition) is 3. The van der Waals surface area contributed by atoms with E-state index in [4.69, 9.17) is 11.2 Å². The van der Waals surface area contributed by atoms with Crippen molar-refractivity contribution in [1.82, 2.24) is 5.01 Å². The summed E-state index contributed by atoms with van der Waals surface area (Å²) in [6.45, 7) is 0.253. The summed E-state index contributed by atoms with van der Waals surface area (Å²) >= 11 is 3.40. The minimum Gasteiger partial charge on any atom is -0.480 e. The minimum atomic E-state index is 0.253. The van der Waals surface area contributed by atoms with Crippen LogP contribution in [-0.4, -0.2) is 31.9 Å². The Labute approximate surface area is 116 Å². The van der Waals surface area contributed by atoms with Crippen molar-refractivity contribution < 1.29 is 4.74 Å². The quantitative estimate of drug-likeness (QED) is 0.474. The topological polar surface area (TPSA) is 24.8 Å². The molecule has 0 amide bonds. The van der Waals surface area contributed by atoms with Crippen molar-refractivity contribution in [2.24, 2.45) is 5.10 Å². The Morgan fingerprint density at radius 2 is 2.28 bits per heavy atom. The van der Waals surface area contributed by atoms with E-state index in [1.54, 1.807) is 11.2 Å². The molecule has 0 unspecified atom stereocenters. The third-order valence-electron chi connectivity index (χ3n) is 1.95. The Balaban J connectivity index is 2.84. The van der Waals surface area contributed by atoms with Gasteiger partial charge in [-0.05, 0) is 24.3 Å². The molecule has 0 fully saturated rings. The van der Waals surface area contributed by atoms with E-state index in [0.29, 0.717) is 0 Å². The molecule has 1 aromatic carbocycles. The average molecular weight is 307 g/mol. The molecule has 94 valence electrons. The predicted molar refractivity (Wildman–Crippen MR) is 79.7 cm³/mol. The molecule has 18 heavy (non-hydrogen) atoms. The highest BCUT2D eigenvalue weighted by atomic mass is 79.9. The Bertz CT molecular complexity index is 487.